The molecule has 2 atom stereocenters. The molecule has 4 rings (SSSR count). The Balaban J connectivity index is 1.53. The maximum atomic E-state index is 13.3. The molecule has 1 saturated carbocycles. The average Bonchev–Trinajstić information content (AvgIpc) is 3.38. The van der Waals surface area contributed by atoms with Crippen molar-refractivity contribution in [2.45, 2.75) is 50.0 Å². The quantitative estimate of drug-likeness (QED) is 0.791. The maximum Gasteiger partial charge on any atom is 0.225 e. The van der Waals surface area contributed by atoms with Gasteiger partial charge in [-0.2, -0.15) is 5.10 Å². The molecule has 30 heavy (non-hydrogen) atoms. The summed E-state index contributed by atoms with van der Waals surface area (Å²) in [6.45, 7) is 0.597. The lowest BCUT2D eigenvalue weighted by molar-refractivity contribution is -0.141. The highest BCUT2D eigenvalue weighted by Crippen LogP contribution is 2.42. The molecule has 2 amide bonds. The highest BCUT2D eigenvalue weighted by Gasteiger charge is 2.41. The van der Waals surface area contributed by atoms with Crippen molar-refractivity contribution in [3.63, 3.8) is 0 Å². The molecular formula is C23H29ClN4O2. The van der Waals surface area contributed by atoms with Gasteiger partial charge in [0, 0.05) is 49.3 Å². The van der Waals surface area contributed by atoms with Crippen LogP contribution >= 0.6 is 11.6 Å². The van der Waals surface area contributed by atoms with E-state index in [9.17, 15) is 9.59 Å². The van der Waals surface area contributed by atoms with Gasteiger partial charge >= 0.3 is 0 Å². The molecule has 2 aliphatic rings. The number of likely N-dealkylation sites (tertiary alicyclic amines) is 1. The van der Waals surface area contributed by atoms with Gasteiger partial charge in [0.15, 0.2) is 0 Å². The zero-order valence-electron chi connectivity index (χ0n) is 17.6. The summed E-state index contributed by atoms with van der Waals surface area (Å²) in [5.74, 6) is -0.203. The first-order valence-corrected chi connectivity index (χ1v) is 11.1. The first kappa shape index (κ1) is 20.9. The van der Waals surface area contributed by atoms with Gasteiger partial charge in [0.05, 0.1) is 18.2 Å². The predicted molar refractivity (Wildman–Crippen MR) is 116 cm³/mol. The van der Waals surface area contributed by atoms with Crippen molar-refractivity contribution in [3.8, 4) is 0 Å². The van der Waals surface area contributed by atoms with Gasteiger partial charge in [0.1, 0.15) is 0 Å². The van der Waals surface area contributed by atoms with E-state index in [0.717, 1.165) is 36.3 Å². The number of benzene rings is 1. The lowest BCUT2D eigenvalue weighted by atomic mass is 9.78. The Hall–Kier alpha value is -2.34. The normalized spacial score (nSPS) is 23.6. The van der Waals surface area contributed by atoms with E-state index in [1.54, 1.807) is 22.8 Å². The van der Waals surface area contributed by atoms with Crippen molar-refractivity contribution in [1.29, 1.82) is 0 Å². The first-order valence-electron chi connectivity index (χ1n) is 10.7. The topological polar surface area (TPSA) is 67.2 Å². The smallest absolute Gasteiger partial charge is 0.225 e. The number of aryl methyl sites for hydroxylation is 1. The van der Waals surface area contributed by atoms with Crippen LogP contribution < -0.4 is 5.32 Å². The summed E-state index contributed by atoms with van der Waals surface area (Å²) >= 11 is 6.26. The zero-order chi connectivity index (χ0) is 21.3. The molecule has 1 aliphatic carbocycles. The standard InChI is InChI=1S/C23H29ClN4O2/c1-27-14-16(13-26-27)21-19(8-9-20(29)28(21)2)22(30)25-15-23(10-3-4-11-23)17-6-5-7-18(24)12-17/h5-7,12-14,19,21H,3-4,8-11,15H2,1-2H3,(H,25,30)/t19-,21-/m0/s1. The minimum atomic E-state index is -0.286. The molecule has 1 saturated heterocycles. The first-order chi connectivity index (χ1) is 14.4. The molecular weight excluding hydrogens is 400 g/mol. The number of nitrogens with zero attached hydrogens (tertiary/aromatic N) is 3. The molecule has 0 bridgehead atoms. The second-order valence-corrected chi connectivity index (χ2v) is 9.19. The molecule has 1 aromatic carbocycles. The van der Waals surface area contributed by atoms with Crippen LogP contribution in [0.4, 0.5) is 0 Å². The highest BCUT2D eigenvalue weighted by molar-refractivity contribution is 6.30. The molecule has 1 aromatic heterocycles. The molecule has 0 unspecified atom stereocenters. The van der Waals surface area contributed by atoms with E-state index in [0.29, 0.717) is 19.4 Å². The van der Waals surface area contributed by atoms with Crippen LogP contribution in [-0.2, 0) is 22.1 Å². The van der Waals surface area contributed by atoms with Gasteiger partial charge < -0.3 is 10.2 Å². The van der Waals surface area contributed by atoms with Crippen LogP contribution in [0.5, 0.6) is 0 Å². The molecule has 1 N–H and O–H groups in total. The Labute approximate surface area is 182 Å². The average molecular weight is 429 g/mol. The third kappa shape index (κ3) is 3.97. The van der Waals surface area contributed by atoms with Gasteiger partial charge in [-0.1, -0.05) is 36.6 Å². The number of nitrogens with one attached hydrogen (secondary N) is 1. The fraction of sp³-hybridized carbons (Fsp3) is 0.522. The van der Waals surface area contributed by atoms with E-state index in [1.165, 1.54) is 5.56 Å². The number of carbonyl (C=O) groups is 2. The second-order valence-electron chi connectivity index (χ2n) is 8.76. The van der Waals surface area contributed by atoms with E-state index in [4.69, 9.17) is 11.6 Å². The summed E-state index contributed by atoms with van der Waals surface area (Å²) in [6.07, 6.45) is 8.99. The summed E-state index contributed by atoms with van der Waals surface area (Å²) < 4.78 is 1.71. The minimum absolute atomic E-state index is 0.0107. The number of halogens is 1. The van der Waals surface area contributed by atoms with E-state index in [2.05, 4.69) is 16.5 Å². The van der Waals surface area contributed by atoms with Gasteiger partial charge in [-0.25, -0.2) is 0 Å². The van der Waals surface area contributed by atoms with Crippen molar-refractivity contribution in [2.75, 3.05) is 13.6 Å². The maximum absolute atomic E-state index is 13.3. The Kier molecular flexibility index (Phi) is 5.87. The van der Waals surface area contributed by atoms with Crippen LogP contribution in [0, 0.1) is 5.92 Å². The summed E-state index contributed by atoms with van der Waals surface area (Å²) in [4.78, 5) is 27.4. The van der Waals surface area contributed by atoms with Gasteiger partial charge in [0.25, 0.3) is 0 Å². The second kappa shape index (κ2) is 8.42. The van der Waals surface area contributed by atoms with Crippen LogP contribution in [-0.4, -0.2) is 40.1 Å². The summed E-state index contributed by atoms with van der Waals surface area (Å²) in [6, 6.07) is 7.74. The van der Waals surface area contributed by atoms with Crippen LogP contribution in [0.3, 0.4) is 0 Å². The predicted octanol–water partition coefficient (Wildman–Crippen LogP) is 3.61. The third-order valence-electron chi connectivity index (χ3n) is 6.86. The molecule has 6 nitrogen and oxygen atoms in total. The van der Waals surface area contributed by atoms with Crippen LogP contribution in [0.25, 0.3) is 0 Å². The van der Waals surface area contributed by atoms with E-state index in [1.807, 2.05) is 31.4 Å². The molecule has 2 fully saturated rings. The van der Waals surface area contributed by atoms with Gasteiger partial charge in [-0.15, -0.1) is 0 Å². The molecule has 2 heterocycles. The van der Waals surface area contributed by atoms with E-state index < -0.39 is 0 Å². The van der Waals surface area contributed by atoms with E-state index >= 15 is 0 Å². The van der Waals surface area contributed by atoms with Crippen molar-refractivity contribution in [1.82, 2.24) is 20.0 Å². The summed E-state index contributed by atoms with van der Waals surface area (Å²) in [5, 5.41) is 8.23. The Bertz CT molecular complexity index is 935. The fourth-order valence-corrected chi connectivity index (χ4v) is 5.38. The lowest BCUT2D eigenvalue weighted by Crippen LogP contribution is -2.48. The Morgan fingerprint density at radius 3 is 2.73 bits per heavy atom. The largest absolute Gasteiger partial charge is 0.355 e. The zero-order valence-corrected chi connectivity index (χ0v) is 18.4. The van der Waals surface area contributed by atoms with Crippen molar-refractivity contribution >= 4 is 23.4 Å². The van der Waals surface area contributed by atoms with Gasteiger partial charge in [0.2, 0.25) is 11.8 Å². The van der Waals surface area contributed by atoms with Crippen LogP contribution in [0.15, 0.2) is 36.7 Å². The monoisotopic (exact) mass is 428 g/mol. The third-order valence-corrected chi connectivity index (χ3v) is 7.10. The van der Waals surface area contributed by atoms with Crippen molar-refractivity contribution in [2.24, 2.45) is 13.0 Å². The van der Waals surface area contributed by atoms with Crippen molar-refractivity contribution in [3.05, 3.63) is 52.8 Å². The number of rotatable bonds is 5. The number of amides is 2. The number of hydrogen-bond acceptors (Lipinski definition) is 3. The SMILES string of the molecule is CN1C(=O)CC[C@H](C(=O)NCC2(c3cccc(Cl)c3)CCCC2)[C@@H]1c1cnn(C)c1. The molecule has 1 aliphatic heterocycles. The van der Waals surface area contributed by atoms with Crippen LogP contribution in [0.1, 0.15) is 55.7 Å². The number of hydrogen-bond donors (Lipinski definition) is 1. The molecule has 7 heteroatoms. The summed E-state index contributed by atoms with van der Waals surface area (Å²) in [7, 11) is 3.63. The minimum Gasteiger partial charge on any atom is -0.355 e. The fourth-order valence-electron chi connectivity index (χ4n) is 5.19. The van der Waals surface area contributed by atoms with Crippen molar-refractivity contribution < 1.29 is 9.59 Å². The number of carbonyl (C=O) groups excluding carboxylic acids is 2. The van der Waals surface area contributed by atoms with Gasteiger partial charge in [-0.3, -0.25) is 14.3 Å². The van der Waals surface area contributed by atoms with E-state index in [-0.39, 0.29) is 29.2 Å². The Morgan fingerprint density at radius 2 is 2.07 bits per heavy atom. The summed E-state index contributed by atoms with van der Waals surface area (Å²) in [5.41, 5.74) is 2.03. The molecule has 2 aromatic rings. The van der Waals surface area contributed by atoms with Gasteiger partial charge in [-0.05, 0) is 37.0 Å². The molecule has 160 valence electrons. The number of piperidine rings is 1. The molecule has 0 spiro atoms. The molecule has 0 radical (unpaired) electrons. The lowest BCUT2D eigenvalue weighted by Gasteiger charge is -2.38. The number of aromatic nitrogens is 2. The highest BCUT2D eigenvalue weighted by atomic mass is 35.5. The van der Waals surface area contributed by atoms with Crippen LogP contribution in [0.2, 0.25) is 5.02 Å². The Morgan fingerprint density at radius 1 is 1.30 bits per heavy atom.